The molecule has 19 heavy (non-hydrogen) atoms. The van der Waals surface area contributed by atoms with Crippen molar-refractivity contribution < 1.29 is 4.74 Å². The topological polar surface area (TPSA) is 39.9 Å². The molecule has 0 unspecified atom stereocenters. The lowest BCUT2D eigenvalue weighted by Crippen LogP contribution is -2.09. The monoisotopic (exact) mass is 387 g/mol. The molecule has 1 aromatic heterocycles. The van der Waals surface area contributed by atoms with E-state index in [0.717, 1.165) is 28.2 Å². The Kier molecular flexibility index (Phi) is 5.13. The van der Waals surface area contributed by atoms with E-state index >= 15 is 0 Å². The number of ether oxygens (including phenoxy) is 1. The molecule has 0 aliphatic carbocycles. The smallest absolute Gasteiger partial charge is 0.165 e. The van der Waals surface area contributed by atoms with E-state index in [4.69, 9.17) is 4.74 Å². The van der Waals surface area contributed by atoms with Gasteiger partial charge >= 0.3 is 0 Å². The van der Waals surface area contributed by atoms with Crippen molar-refractivity contribution in [3.8, 4) is 11.4 Å². The minimum absolute atomic E-state index is 0.633. The molecular weight excluding hydrogens is 374 g/mol. The highest BCUT2D eigenvalue weighted by Gasteiger charge is 2.15. The fraction of sp³-hybridized carbons (Fsp3) is 0.385. The zero-order chi connectivity index (χ0) is 13.8. The molecule has 6 heteroatoms. The van der Waals surface area contributed by atoms with E-state index in [2.05, 4.69) is 71.7 Å². The van der Waals surface area contributed by atoms with Crippen molar-refractivity contribution in [1.82, 2.24) is 14.8 Å². The first-order valence-electron chi connectivity index (χ1n) is 5.91. The molecule has 4 nitrogen and oxygen atoms in total. The Morgan fingerprint density at radius 3 is 2.74 bits per heavy atom. The molecule has 2 aromatic rings. The highest BCUT2D eigenvalue weighted by atomic mass is 79.9. The number of hydrogen-bond donors (Lipinski definition) is 0. The third-order valence-electron chi connectivity index (χ3n) is 2.83. The highest BCUT2D eigenvalue weighted by molar-refractivity contribution is 9.10. The van der Waals surface area contributed by atoms with Gasteiger partial charge in [0.25, 0.3) is 0 Å². The Hall–Kier alpha value is -0.720. The SMILES string of the molecule is COCCn1c(CBr)nnc1-c1ccc(C)cc1Br. The van der Waals surface area contributed by atoms with Gasteiger partial charge in [0.1, 0.15) is 5.82 Å². The molecule has 0 atom stereocenters. The van der Waals surface area contributed by atoms with Gasteiger partial charge in [0, 0.05) is 23.7 Å². The summed E-state index contributed by atoms with van der Waals surface area (Å²) in [5.74, 6) is 1.76. The van der Waals surface area contributed by atoms with Crippen LogP contribution in [-0.2, 0) is 16.6 Å². The van der Waals surface area contributed by atoms with E-state index in [1.54, 1.807) is 7.11 Å². The van der Waals surface area contributed by atoms with Crippen molar-refractivity contribution in [3.63, 3.8) is 0 Å². The minimum Gasteiger partial charge on any atom is -0.383 e. The lowest BCUT2D eigenvalue weighted by Gasteiger charge is -2.10. The van der Waals surface area contributed by atoms with E-state index < -0.39 is 0 Å². The van der Waals surface area contributed by atoms with Gasteiger partial charge in [0.2, 0.25) is 0 Å². The number of benzene rings is 1. The van der Waals surface area contributed by atoms with Crippen LogP contribution in [0, 0.1) is 6.92 Å². The number of nitrogens with zero attached hydrogens (tertiary/aromatic N) is 3. The normalized spacial score (nSPS) is 10.9. The standard InChI is InChI=1S/C13H15Br2N3O/c1-9-3-4-10(11(15)7-9)13-17-16-12(8-14)18(13)5-6-19-2/h3-4,7H,5-6,8H2,1-2H3. The van der Waals surface area contributed by atoms with Crippen molar-refractivity contribution in [2.24, 2.45) is 0 Å². The number of alkyl halides is 1. The summed E-state index contributed by atoms with van der Waals surface area (Å²) in [4.78, 5) is 0. The lowest BCUT2D eigenvalue weighted by atomic mass is 10.1. The summed E-state index contributed by atoms with van der Waals surface area (Å²) in [6, 6.07) is 6.21. The maximum Gasteiger partial charge on any atom is 0.165 e. The molecule has 0 aliphatic heterocycles. The van der Waals surface area contributed by atoms with Gasteiger partial charge in [-0.05, 0) is 24.6 Å². The molecule has 1 aromatic carbocycles. The van der Waals surface area contributed by atoms with Crippen LogP contribution >= 0.6 is 31.9 Å². The second-order valence-corrected chi connectivity index (χ2v) is 5.62. The van der Waals surface area contributed by atoms with Crippen LogP contribution in [-0.4, -0.2) is 28.5 Å². The number of halogens is 2. The third kappa shape index (κ3) is 3.24. The van der Waals surface area contributed by atoms with Crippen LogP contribution in [0.2, 0.25) is 0 Å². The quantitative estimate of drug-likeness (QED) is 0.735. The number of rotatable bonds is 5. The van der Waals surface area contributed by atoms with Crippen LogP contribution in [0.1, 0.15) is 11.4 Å². The zero-order valence-electron chi connectivity index (χ0n) is 10.9. The molecule has 1 heterocycles. The Morgan fingerprint density at radius 2 is 2.11 bits per heavy atom. The molecule has 0 spiro atoms. The summed E-state index contributed by atoms with van der Waals surface area (Å²) in [6.45, 7) is 3.43. The molecule has 2 rings (SSSR count). The summed E-state index contributed by atoms with van der Waals surface area (Å²) in [6.07, 6.45) is 0. The summed E-state index contributed by atoms with van der Waals surface area (Å²) in [5, 5.41) is 9.19. The lowest BCUT2D eigenvalue weighted by molar-refractivity contribution is 0.187. The van der Waals surface area contributed by atoms with Gasteiger partial charge in [-0.2, -0.15) is 0 Å². The van der Waals surface area contributed by atoms with Crippen LogP contribution < -0.4 is 0 Å². The zero-order valence-corrected chi connectivity index (χ0v) is 14.0. The van der Waals surface area contributed by atoms with Crippen molar-refractivity contribution in [2.75, 3.05) is 13.7 Å². The van der Waals surface area contributed by atoms with Crippen LogP contribution in [0.5, 0.6) is 0 Å². The minimum atomic E-state index is 0.633. The molecule has 0 radical (unpaired) electrons. The summed E-state index contributed by atoms with van der Waals surface area (Å²) in [7, 11) is 1.69. The number of aromatic nitrogens is 3. The molecule has 0 fully saturated rings. The Morgan fingerprint density at radius 1 is 1.32 bits per heavy atom. The van der Waals surface area contributed by atoms with Crippen molar-refractivity contribution in [1.29, 1.82) is 0 Å². The Labute approximate surface area is 129 Å². The van der Waals surface area contributed by atoms with Crippen molar-refractivity contribution in [3.05, 3.63) is 34.1 Å². The number of hydrogen-bond acceptors (Lipinski definition) is 3. The van der Waals surface area contributed by atoms with Gasteiger partial charge in [-0.15, -0.1) is 10.2 Å². The fourth-order valence-electron chi connectivity index (χ4n) is 1.85. The van der Waals surface area contributed by atoms with Crippen molar-refractivity contribution in [2.45, 2.75) is 18.8 Å². The van der Waals surface area contributed by atoms with E-state index in [-0.39, 0.29) is 0 Å². The van der Waals surface area contributed by atoms with Crippen LogP contribution in [0.3, 0.4) is 0 Å². The predicted molar refractivity (Wildman–Crippen MR) is 82.4 cm³/mol. The molecule has 102 valence electrons. The largest absolute Gasteiger partial charge is 0.383 e. The average Bonchev–Trinajstić information content (AvgIpc) is 2.79. The molecule has 0 saturated heterocycles. The first kappa shape index (κ1) is 14.7. The molecular formula is C13H15Br2N3O. The molecule has 0 saturated carbocycles. The molecule has 0 aliphatic rings. The van der Waals surface area contributed by atoms with Gasteiger partial charge in [-0.25, -0.2) is 0 Å². The van der Waals surface area contributed by atoms with Crippen LogP contribution in [0.4, 0.5) is 0 Å². The van der Waals surface area contributed by atoms with Crippen LogP contribution in [0.25, 0.3) is 11.4 Å². The fourth-order valence-corrected chi connectivity index (χ4v) is 2.94. The van der Waals surface area contributed by atoms with E-state index in [9.17, 15) is 0 Å². The summed E-state index contributed by atoms with van der Waals surface area (Å²) < 4.78 is 8.26. The molecule has 0 amide bonds. The Bertz CT molecular complexity index is 569. The van der Waals surface area contributed by atoms with Gasteiger partial charge in [-0.1, -0.05) is 37.9 Å². The Balaban J connectivity index is 2.46. The van der Waals surface area contributed by atoms with E-state index in [1.807, 2.05) is 0 Å². The number of aryl methyl sites for hydroxylation is 1. The molecule has 0 bridgehead atoms. The van der Waals surface area contributed by atoms with Gasteiger partial charge in [-0.3, -0.25) is 0 Å². The van der Waals surface area contributed by atoms with Crippen molar-refractivity contribution >= 4 is 31.9 Å². The van der Waals surface area contributed by atoms with Gasteiger partial charge in [0.05, 0.1) is 11.9 Å². The van der Waals surface area contributed by atoms with Gasteiger partial charge < -0.3 is 9.30 Å². The number of methoxy groups -OCH3 is 1. The second kappa shape index (κ2) is 6.63. The summed E-state index contributed by atoms with van der Waals surface area (Å²) in [5.41, 5.74) is 2.25. The predicted octanol–water partition coefficient (Wildman–Crippen LogP) is 3.56. The van der Waals surface area contributed by atoms with Crippen LogP contribution in [0.15, 0.2) is 22.7 Å². The summed E-state index contributed by atoms with van der Waals surface area (Å²) >= 11 is 7.03. The van der Waals surface area contributed by atoms with E-state index in [0.29, 0.717) is 11.9 Å². The highest BCUT2D eigenvalue weighted by Crippen LogP contribution is 2.28. The average molecular weight is 389 g/mol. The maximum atomic E-state index is 5.15. The first-order valence-corrected chi connectivity index (χ1v) is 7.82. The maximum absolute atomic E-state index is 5.15. The van der Waals surface area contributed by atoms with Gasteiger partial charge in [0.15, 0.2) is 5.82 Å². The molecule has 0 N–H and O–H groups in total. The first-order chi connectivity index (χ1) is 9.17. The third-order valence-corrected chi connectivity index (χ3v) is 3.99. The van der Waals surface area contributed by atoms with E-state index in [1.165, 1.54) is 5.56 Å². The second-order valence-electron chi connectivity index (χ2n) is 4.20.